The normalized spacial score (nSPS) is 23.0. The number of rotatable bonds is 5. The van der Waals surface area contributed by atoms with Gasteiger partial charge in [-0.3, -0.25) is 9.67 Å². The molecular formula is C17H30N6O2. The highest BCUT2D eigenvalue weighted by Crippen LogP contribution is 2.18. The fourth-order valence-corrected chi connectivity index (χ4v) is 3.39. The number of hydrogen-bond donors (Lipinski definition) is 1. The number of guanidine groups is 1. The molecule has 140 valence electrons. The SMILES string of the molecule is CN=C(NCc1ncnn1C)N1CCC(OCC2CCCCO2)CC1. The van der Waals surface area contributed by atoms with Crippen LogP contribution in [-0.2, 0) is 23.1 Å². The second-order valence-corrected chi connectivity index (χ2v) is 6.71. The van der Waals surface area contributed by atoms with Crippen LogP contribution in [-0.4, -0.2) is 71.2 Å². The molecule has 0 radical (unpaired) electrons. The summed E-state index contributed by atoms with van der Waals surface area (Å²) in [6.07, 6.45) is 7.84. The summed E-state index contributed by atoms with van der Waals surface area (Å²) >= 11 is 0. The zero-order valence-corrected chi connectivity index (χ0v) is 15.4. The van der Waals surface area contributed by atoms with Crippen molar-refractivity contribution in [1.29, 1.82) is 0 Å². The maximum atomic E-state index is 6.09. The molecule has 1 N–H and O–H groups in total. The van der Waals surface area contributed by atoms with E-state index in [1.165, 1.54) is 12.8 Å². The zero-order valence-electron chi connectivity index (χ0n) is 15.4. The van der Waals surface area contributed by atoms with Gasteiger partial charge in [0, 0.05) is 33.8 Å². The Morgan fingerprint density at radius 1 is 1.36 bits per heavy atom. The molecule has 2 aliphatic heterocycles. The van der Waals surface area contributed by atoms with E-state index in [-0.39, 0.29) is 0 Å². The van der Waals surface area contributed by atoms with Crippen molar-refractivity contribution in [2.24, 2.45) is 12.0 Å². The summed E-state index contributed by atoms with van der Waals surface area (Å²) < 4.78 is 13.6. The van der Waals surface area contributed by atoms with Crippen LogP contribution in [0, 0.1) is 0 Å². The van der Waals surface area contributed by atoms with Gasteiger partial charge in [0.05, 0.1) is 25.4 Å². The Morgan fingerprint density at radius 3 is 2.84 bits per heavy atom. The molecule has 3 rings (SSSR count). The molecule has 1 aromatic rings. The van der Waals surface area contributed by atoms with Crippen LogP contribution in [0.15, 0.2) is 11.3 Å². The van der Waals surface area contributed by atoms with Crippen molar-refractivity contribution < 1.29 is 9.47 Å². The van der Waals surface area contributed by atoms with Crippen LogP contribution < -0.4 is 5.32 Å². The number of hydrogen-bond acceptors (Lipinski definition) is 5. The number of likely N-dealkylation sites (tertiary alicyclic amines) is 1. The van der Waals surface area contributed by atoms with Gasteiger partial charge in [0.15, 0.2) is 5.96 Å². The van der Waals surface area contributed by atoms with Gasteiger partial charge in [-0.15, -0.1) is 0 Å². The molecule has 0 saturated carbocycles. The molecule has 2 fully saturated rings. The van der Waals surface area contributed by atoms with Gasteiger partial charge in [0.25, 0.3) is 0 Å². The molecule has 0 amide bonds. The molecule has 0 aromatic carbocycles. The first-order chi connectivity index (χ1) is 12.3. The van der Waals surface area contributed by atoms with Gasteiger partial charge in [-0.05, 0) is 32.1 Å². The number of aliphatic imine (C=N–C) groups is 1. The van der Waals surface area contributed by atoms with Crippen molar-refractivity contribution in [2.45, 2.75) is 50.9 Å². The quantitative estimate of drug-likeness (QED) is 0.629. The van der Waals surface area contributed by atoms with Crippen molar-refractivity contribution in [1.82, 2.24) is 25.0 Å². The summed E-state index contributed by atoms with van der Waals surface area (Å²) in [5, 5.41) is 7.46. The van der Waals surface area contributed by atoms with Crippen molar-refractivity contribution in [3.05, 3.63) is 12.2 Å². The average Bonchev–Trinajstić information content (AvgIpc) is 3.07. The number of nitrogens with zero attached hydrogens (tertiary/aromatic N) is 5. The smallest absolute Gasteiger partial charge is 0.194 e. The van der Waals surface area contributed by atoms with Gasteiger partial charge in [-0.2, -0.15) is 5.10 Å². The topological polar surface area (TPSA) is 76.8 Å². The van der Waals surface area contributed by atoms with Crippen LogP contribution in [0.4, 0.5) is 0 Å². The lowest BCUT2D eigenvalue weighted by Crippen LogP contribution is -2.47. The molecule has 8 nitrogen and oxygen atoms in total. The van der Waals surface area contributed by atoms with Crippen LogP contribution in [0.3, 0.4) is 0 Å². The lowest BCUT2D eigenvalue weighted by atomic mass is 10.1. The Hall–Kier alpha value is -1.67. The van der Waals surface area contributed by atoms with Gasteiger partial charge < -0.3 is 19.7 Å². The predicted molar refractivity (Wildman–Crippen MR) is 95.3 cm³/mol. The maximum Gasteiger partial charge on any atom is 0.194 e. The van der Waals surface area contributed by atoms with Crippen molar-refractivity contribution >= 4 is 5.96 Å². The van der Waals surface area contributed by atoms with E-state index in [1.807, 2.05) is 14.1 Å². The van der Waals surface area contributed by atoms with E-state index in [9.17, 15) is 0 Å². The Bertz CT molecular complexity index is 547. The number of aryl methyl sites for hydroxylation is 1. The Kier molecular flexibility index (Phi) is 6.63. The largest absolute Gasteiger partial charge is 0.376 e. The molecule has 1 unspecified atom stereocenters. The summed E-state index contributed by atoms with van der Waals surface area (Å²) in [5.41, 5.74) is 0. The van der Waals surface area contributed by atoms with E-state index in [4.69, 9.17) is 9.47 Å². The number of piperidine rings is 1. The molecule has 0 aliphatic carbocycles. The Labute approximate surface area is 149 Å². The van der Waals surface area contributed by atoms with E-state index >= 15 is 0 Å². The number of nitrogens with one attached hydrogen (secondary N) is 1. The van der Waals surface area contributed by atoms with Crippen LogP contribution in [0.5, 0.6) is 0 Å². The summed E-state index contributed by atoms with van der Waals surface area (Å²) in [6.45, 7) is 4.16. The van der Waals surface area contributed by atoms with Gasteiger partial charge >= 0.3 is 0 Å². The first kappa shape index (κ1) is 18.1. The van der Waals surface area contributed by atoms with Crippen LogP contribution in [0.1, 0.15) is 37.9 Å². The molecule has 2 saturated heterocycles. The minimum atomic E-state index is 0.299. The zero-order chi connectivity index (χ0) is 17.5. The third kappa shape index (κ3) is 5.15. The molecule has 0 spiro atoms. The third-order valence-electron chi connectivity index (χ3n) is 4.95. The van der Waals surface area contributed by atoms with Gasteiger partial charge in [-0.1, -0.05) is 0 Å². The Morgan fingerprint density at radius 2 is 2.20 bits per heavy atom. The van der Waals surface area contributed by atoms with Gasteiger partial charge in [-0.25, -0.2) is 4.98 Å². The fourth-order valence-electron chi connectivity index (χ4n) is 3.39. The second-order valence-electron chi connectivity index (χ2n) is 6.71. The number of ether oxygens (including phenoxy) is 2. The first-order valence-electron chi connectivity index (χ1n) is 9.28. The third-order valence-corrected chi connectivity index (χ3v) is 4.95. The van der Waals surface area contributed by atoms with E-state index in [2.05, 4.69) is 25.3 Å². The van der Waals surface area contributed by atoms with E-state index in [0.29, 0.717) is 18.8 Å². The summed E-state index contributed by atoms with van der Waals surface area (Å²) in [4.78, 5) is 10.9. The lowest BCUT2D eigenvalue weighted by Gasteiger charge is -2.35. The summed E-state index contributed by atoms with van der Waals surface area (Å²) in [5.74, 6) is 1.81. The van der Waals surface area contributed by atoms with Crippen molar-refractivity contribution in [3.63, 3.8) is 0 Å². The molecule has 1 atom stereocenters. The predicted octanol–water partition coefficient (Wildman–Crippen LogP) is 0.941. The highest BCUT2D eigenvalue weighted by Gasteiger charge is 2.23. The molecule has 1 aromatic heterocycles. The van der Waals surface area contributed by atoms with Gasteiger partial charge in [0.1, 0.15) is 12.2 Å². The average molecular weight is 350 g/mol. The van der Waals surface area contributed by atoms with Crippen LogP contribution in [0.25, 0.3) is 0 Å². The fraction of sp³-hybridized carbons (Fsp3) is 0.824. The monoisotopic (exact) mass is 350 g/mol. The molecule has 8 heteroatoms. The standard InChI is InChI=1S/C17H30N6O2/c1-18-17(19-11-16-20-13-21-22(16)2)23-8-6-14(7-9-23)25-12-15-5-3-4-10-24-15/h13-15H,3-12H2,1-2H3,(H,18,19). The van der Waals surface area contributed by atoms with Crippen LogP contribution >= 0.6 is 0 Å². The minimum Gasteiger partial charge on any atom is -0.376 e. The number of aromatic nitrogens is 3. The highest BCUT2D eigenvalue weighted by molar-refractivity contribution is 5.79. The summed E-state index contributed by atoms with van der Waals surface area (Å²) in [6, 6.07) is 0. The van der Waals surface area contributed by atoms with E-state index < -0.39 is 0 Å². The minimum absolute atomic E-state index is 0.299. The maximum absolute atomic E-state index is 6.09. The van der Waals surface area contributed by atoms with E-state index in [1.54, 1.807) is 11.0 Å². The molecule has 3 heterocycles. The van der Waals surface area contributed by atoms with Crippen LogP contribution in [0.2, 0.25) is 0 Å². The molecule has 25 heavy (non-hydrogen) atoms. The second kappa shape index (κ2) is 9.15. The highest BCUT2D eigenvalue weighted by atomic mass is 16.5. The molecule has 2 aliphatic rings. The van der Waals surface area contributed by atoms with Crippen molar-refractivity contribution in [2.75, 3.05) is 33.4 Å². The van der Waals surface area contributed by atoms with E-state index in [0.717, 1.165) is 57.3 Å². The Balaban J connectivity index is 1.38. The molecule has 0 bridgehead atoms. The lowest BCUT2D eigenvalue weighted by molar-refractivity contribution is -0.0721. The van der Waals surface area contributed by atoms with Crippen molar-refractivity contribution in [3.8, 4) is 0 Å². The van der Waals surface area contributed by atoms with Gasteiger partial charge in [0.2, 0.25) is 0 Å². The first-order valence-corrected chi connectivity index (χ1v) is 9.28. The summed E-state index contributed by atoms with van der Waals surface area (Å²) in [7, 11) is 3.72. The molecular weight excluding hydrogens is 320 g/mol.